The normalized spacial score (nSPS) is 13.1. The second-order valence-electron chi connectivity index (χ2n) is 5.72. The molecule has 0 radical (unpaired) electrons. The fraction of sp³-hybridized carbons (Fsp3) is 0.471. The van der Waals surface area contributed by atoms with Crippen molar-refractivity contribution in [3.05, 3.63) is 41.6 Å². The molecule has 1 heterocycles. The fourth-order valence-corrected chi connectivity index (χ4v) is 2.44. The van der Waals surface area contributed by atoms with E-state index in [9.17, 15) is 0 Å². The molecule has 2 heteroatoms. The highest BCUT2D eigenvalue weighted by atomic mass is 14.9. The van der Waals surface area contributed by atoms with Crippen LogP contribution in [0.3, 0.4) is 0 Å². The summed E-state index contributed by atoms with van der Waals surface area (Å²) >= 11 is 0. The van der Waals surface area contributed by atoms with Gasteiger partial charge >= 0.3 is 0 Å². The Morgan fingerprint density at radius 3 is 2.58 bits per heavy atom. The lowest BCUT2D eigenvalue weighted by Gasteiger charge is -2.18. The van der Waals surface area contributed by atoms with Crippen LogP contribution in [0.1, 0.15) is 44.0 Å². The third-order valence-corrected chi connectivity index (χ3v) is 3.64. The number of pyridine rings is 1. The Labute approximate surface area is 116 Å². The van der Waals surface area contributed by atoms with E-state index in [1.54, 1.807) is 0 Å². The van der Waals surface area contributed by atoms with E-state index in [0.29, 0.717) is 6.04 Å². The zero-order chi connectivity index (χ0) is 13.8. The molecule has 0 saturated heterocycles. The monoisotopic (exact) mass is 256 g/mol. The number of rotatable bonds is 5. The van der Waals surface area contributed by atoms with Crippen molar-refractivity contribution in [3.63, 3.8) is 0 Å². The summed E-state index contributed by atoms with van der Waals surface area (Å²) in [7, 11) is 2.04. The van der Waals surface area contributed by atoms with Gasteiger partial charge in [0.15, 0.2) is 0 Å². The highest BCUT2D eigenvalue weighted by Crippen LogP contribution is 2.24. The average Bonchev–Trinajstić information content (AvgIpc) is 2.39. The molecule has 0 fully saturated rings. The van der Waals surface area contributed by atoms with Crippen LogP contribution in [-0.2, 0) is 0 Å². The Bertz CT molecular complexity index is 546. The van der Waals surface area contributed by atoms with E-state index in [-0.39, 0.29) is 0 Å². The molecule has 1 aromatic heterocycles. The number of nitrogens with one attached hydrogen (secondary N) is 1. The minimum atomic E-state index is 0.438. The lowest BCUT2D eigenvalue weighted by molar-refractivity contribution is 0.465. The van der Waals surface area contributed by atoms with Gasteiger partial charge in [0.05, 0.1) is 5.52 Å². The summed E-state index contributed by atoms with van der Waals surface area (Å²) in [6, 6.07) is 11.3. The van der Waals surface area contributed by atoms with E-state index in [1.165, 1.54) is 23.8 Å². The van der Waals surface area contributed by atoms with Crippen LogP contribution in [-0.4, -0.2) is 12.0 Å². The Morgan fingerprint density at radius 1 is 1.11 bits per heavy atom. The number of hydrogen-bond acceptors (Lipinski definition) is 2. The largest absolute Gasteiger partial charge is 0.313 e. The summed E-state index contributed by atoms with van der Waals surface area (Å²) in [6.45, 7) is 6.59. The van der Waals surface area contributed by atoms with Crippen LogP contribution in [0.5, 0.6) is 0 Å². The first kappa shape index (κ1) is 14.0. The Morgan fingerprint density at radius 2 is 1.89 bits per heavy atom. The van der Waals surface area contributed by atoms with Crippen LogP contribution >= 0.6 is 0 Å². The topological polar surface area (TPSA) is 24.9 Å². The standard InChI is InChI=1S/C17H24N2/c1-12(2)5-9-16(18-4)14-8-10-17-15(11-14)7-6-13(3)19-17/h6-8,10-12,16,18H,5,9H2,1-4H3. The molecule has 2 aromatic rings. The summed E-state index contributed by atoms with van der Waals surface area (Å²) in [5.41, 5.74) is 3.52. The van der Waals surface area contributed by atoms with Gasteiger partial charge in [-0.25, -0.2) is 0 Å². The molecule has 0 aliphatic heterocycles. The van der Waals surface area contributed by atoms with Crippen LogP contribution in [0, 0.1) is 12.8 Å². The van der Waals surface area contributed by atoms with Gasteiger partial charge in [-0.1, -0.05) is 26.0 Å². The molecule has 0 bridgehead atoms. The van der Waals surface area contributed by atoms with E-state index in [1.807, 2.05) is 14.0 Å². The minimum absolute atomic E-state index is 0.438. The van der Waals surface area contributed by atoms with Crippen LogP contribution < -0.4 is 5.32 Å². The van der Waals surface area contributed by atoms with Crippen LogP contribution in [0.2, 0.25) is 0 Å². The quantitative estimate of drug-likeness (QED) is 0.865. The summed E-state index contributed by atoms with van der Waals surface area (Å²) in [4.78, 5) is 4.56. The van der Waals surface area contributed by atoms with E-state index in [2.05, 4.69) is 54.5 Å². The smallest absolute Gasteiger partial charge is 0.0705 e. The molecule has 0 aliphatic rings. The highest BCUT2D eigenvalue weighted by Gasteiger charge is 2.10. The van der Waals surface area contributed by atoms with Crippen molar-refractivity contribution < 1.29 is 0 Å². The summed E-state index contributed by atoms with van der Waals surface area (Å²) < 4.78 is 0. The zero-order valence-corrected chi connectivity index (χ0v) is 12.4. The van der Waals surface area contributed by atoms with E-state index >= 15 is 0 Å². The SMILES string of the molecule is CNC(CCC(C)C)c1ccc2nc(C)ccc2c1. The Hall–Kier alpha value is -1.41. The lowest BCUT2D eigenvalue weighted by atomic mass is 9.96. The minimum Gasteiger partial charge on any atom is -0.313 e. The molecule has 1 unspecified atom stereocenters. The summed E-state index contributed by atoms with van der Waals surface area (Å²) in [5.74, 6) is 0.751. The molecule has 0 spiro atoms. The van der Waals surface area contributed by atoms with Crippen molar-refractivity contribution in [2.45, 2.75) is 39.7 Å². The number of aryl methyl sites for hydroxylation is 1. The summed E-state index contributed by atoms with van der Waals surface area (Å²) in [5, 5.41) is 4.66. The van der Waals surface area contributed by atoms with E-state index in [0.717, 1.165) is 17.1 Å². The van der Waals surface area contributed by atoms with Crippen molar-refractivity contribution >= 4 is 10.9 Å². The van der Waals surface area contributed by atoms with Gasteiger partial charge in [0.2, 0.25) is 0 Å². The fourth-order valence-electron chi connectivity index (χ4n) is 2.44. The number of hydrogen-bond donors (Lipinski definition) is 1. The molecule has 1 N–H and O–H groups in total. The number of nitrogens with zero attached hydrogens (tertiary/aromatic N) is 1. The molecule has 19 heavy (non-hydrogen) atoms. The Balaban J connectivity index is 2.25. The molecule has 2 nitrogen and oxygen atoms in total. The molecule has 1 atom stereocenters. The van der Waals surface area contributed by atoms with Crippen LogP contribution in [0.25, 0.3) is 10.9 Å². The van der Waals surface area contributed by atoms with Gasteiger partial charge in [0.1, 0.15) is 0 Å². The van der Waals surface area contributed by atoms with Gasteiger partial charge in [-0.05, 0) is 56.5 Å². The number of fused-ring (bicyclic) bond motifs is 1. The first-order valence-electron chi connectivity index (χ1n) is 7.14. The number of benzene rings is 1. The van der Waals surface area contributed by atoms with Gasteiger partial charge in [0.25, 0.3) is 0 Å². The van der Waals surface area contributed by atoms with Crippen molar-refractivity contribution in [1.29, 1.82) is 0 Å². The second-order valence-corrected chi connectivity index (χ2v) is 5.72. The third kappa shape index (κ3) is 3.54. The summed E-state index contributed by atoms with van der Waals surface area (Å²) in [6.07, 6.45) is 2.43. The molecular weight excluding hydrogens is 232 g/mol. The maximum Gasteiger partial charge on any atom is 0.0705 e. The molecule has 2 rings (SSSR count). The van der Waals surface area contributed by atoms with Gasteiger partial charge in [0, 0.05) is 17.1 Å². The van der Waals surface area contributed by atoms with Crippen molar-refractivity contribution in [1.82, 2.24) is 10.3 Å². The van der Waals surface area contributed by atoms with Crippen LogP contribution in [0.4, 0.5) is 0 Å². The second kappa shape index (κ2) is 6.16. The number of aromatic nitrogens is 1. The van der Waals surface area contributed by atoms with Gasteiger partial charge < -0.3 is 5.32 Å². The zero-order valence-electron chi connectivity index (χ0n) is 12.4. The highest BCUT2D eigenvalue weighted by molar-refractivity contribution is 5.79. The van der Waals surface area contributed by atoms with Crippen molar-refractivity contribution in [3.8, 4) is 0 Å². The average molecular weight is 256 g/mol. The predicted molar refractivity (Wildman–Crippen MR) is 82.4 cm³/mol. The molecule has 0 amide bonds. The lowest BCUT2D eigenvalue weighted by Crippen LogP contribution is -2.16. The molecule has 0 aliphatic carbocycles. The van der Waals surface area contributed by atoms with Crippen molar-refractivity contribution in [2.24, 2.45) is 5.92 Å². The molecule has 0 saturated carbocycles. The first-order valence-corrected chi connectivity index (χ1v) is 7.14. The molecular formula is C17H24N2. The van der Waals surface area contributed by atoms with Gasteiger partial charge in [-0.3, -0.25) is 4.98 Å². The van der Waals surface area contributed by atoms with E-state index in [4.69, 9.17) is 0 Å². The van der Waals surface area contributed by atoms with E-state index < -0.39 is 0 Å². The maximum atomic E-state index is 4.56. The predicted octanol–water partition coefficient (Wildman–Crippen LogP) is 4.24. The van der Waals surface area contributed by atoms with Gasteiger partial charge in [-0.15, -0.1) is 0 Å². The maximum absolute atomic E-state index is 4.56. The first-order chi connectivity index (χ1) is 9.10. The van der Waals surface area contributed by atoms with Crippen LogP contribution in [0.15, 0.2) is 30.3 Å². The third-order valence-electron chi connectivity index (χ3n) is 3.64. The molecule has 102 valence electrons. The Kier molecular flexibility index (Phi) is 4.54. The van der Waals surface area contributed by atoms with Crippen molar-refractivity contribution in [2.75, 3.05) is 7.05 Å². The molecule has 1 aromatic carbocycles. The van der Waals surface area contributed by atoms with Gasteiger partial charge in [-0.2, -0.15) is 0 Å².